The quantitative estimate of drug-likeness (QED) is 0.700. The maximum atomic E-state index is 13.7. The average molecular weight is 370 g/mol. The third-order valence-electron chi connectivity index (χ3n) is 4.81. The minimum atomic E-state index is -0.695. The number of carbonyl (C=O) groups is 1. The summed E-state index contributed by atoms with van der Waals surface area (Å²) in [6, 6.07) is 6.85. The lowest BCUT2D eigenvalue weighted by Crippen LogP contribution is -2.32. The second kappa shape index (κ2) is 7.34. The van der Waals surface area contributed by atoms with Gasteiger partial charge in [0.2, 0.25) is 0 Å². The molecule has 0 unspecified atom stereocenters. The van der Waals surface area contributed by atoms with E-state index in [0.717, 1.165) is 31.7 Å². The Bertz CT molecular complexity index is 921. The first kappa shape index (κ1) is 17.5. The summed E-state index contributed by atoms with van der Waals surface area (Å²) >= 11 is 0. The summed E-state index contributed by atoms with van der Waals surface area (Å²) < 4.78 is 30.6. The lowest BCUT2D eigenvalue weighted by atomic mass is 10.2. The molecule has 4 rings (SSSR count). The molecule has 0 atom stereocenters. The minimum absolute atomic E-state index is 0.108. The monoisotopic (exact) mass is 370 g/mol. The number of benzene rings is 1. The summed E-state index contributed by atoms with van der Waals surface area (Å²) in [6.07, 6.45) is 9.24. The van der Waals surface area contributed by atoms with E-state index in [4.69, 9.17) is 0 Å². The van der Waals surface area contributed by atoms with Gasteiger partial charge in [0.05, 0.1) is 11.9 Å². The molecule has 0 spiro atoms. The van der Waals surface area contributed by atoms with E-state index in [1.54, 1.807) is 17.0 Å². The molecule has 1 amide bonds. The molecule has 1 saturated heterocycles. The van der Waals surface area contributed by atoms with Gasteiger partial charge in [0.15, 0.2) is 5.82 Å². The summed E-state index contributed by atoms with van der Waals surface area (Å²) in [5.41, 5.74) is 0.642. The van der Waals surface area contributed by atoms with Crippen molar-refractivity contribution in [3.63, 3.8) is 0 Å². The molecule has 1 aliphatic heterocycles. The fourth-order valence-corrected chi connectivity index (χ4v) is 3.51. The molecule has 1 aromatic carbocycles. The van der Waals surface area contributed by atoms with Crippen LogP contribution in [0.15, 0.2) is 48.9 Å². The van der Waals surface area contributed by atoms with Gasteiger partial charge < -0.3 is 9.47 Å². The van der Waals surface area contributed by atoms with Gasteiger partial charge in [-0.25, -0.2) is 13.5 Å². The minimum Gasteiger partial charge on any atom is -0.338 e. The Hall–Kier alpha value is -2.96. The summed E-state index contributed by atoms with van der Waals surface area (Å²) in [4.78, 5) is 15.0. The molecule has 3 aromatic rings. The van der Waals surface area contributed by atoms with Gasteiger partial charge in [0.1, 0.15) is 17.2 Å². The molecule has 3 heterocycles. The number of nitrogens with zero attached hydrogens (tertiary/aromatic N) is 4. The molecule has 0 aliphatic carbocycles. The van der Waals surface area contributed by atoms with Crippen molar-refractivity contribution in [2.75, 3.05) is 13.1 Å². The van der Waals surface area contributed by atoms with E-state index in [1.807, 2.05) is 17.0 Å². The zero-order valence-electron chi connectivity index (χ0n) is 14.8. The predicted molar refractivity (Wildman–Crippen MR) is 97.2 cm³/mol. The number of halogens is 2. The molecule has 5 nitrogen and oxygen atoms in total. The van der Waals surface area contributed by atoms with Crippen LogP contribution in [-0.4, -0.2) is 38.2 Å². The van der Waals surface area contributed by atoms with Crippen LogP contribution in [0.4, 0.5) is 8.78 Å². The van der Waals surface area contributed by atoms with Gasteiger partial charge in [-0.2, -0.15) is 5.10 Å². The molecule has 0 radical (unpaired) electrons. The fraction of sp³-hybridized carbons (Fsp3) is 0.300. The van der Waals surface area contributed by atoms with Crippen LogP contribution in [-0.2, 0) is 0 Å². The van der Waals surface area contributed by atoms with E-state index >= 15 is 0 Å². The molecular formula is C20H20F2N4O. The Labute approximate surface area is 155 Å². The predicted octanol–water partition coefficient (Wildman–Crippen LogP) is 3.96. The first-order valence-corrected chi connectivity index (χ1v) is 9.10. The first-order valence-electron chi connectivity index (χ1n) is 9.10. The maximum Gasteiger partial charge on any atom is 0.259 e. The molecule has 0 bridgehead atoms. The Kier molecular flexibility index (Phi) is 4.75. The molecule has 140 valence electrons. The van der Waals surface area contributed by atoms with E-state index in [2.05, 4.69) is 5.10 Å². The van der Waals surface area contributed by atoms with E-state index < -0.39 is 11.6 Å². The normalized spacial score (nSPS) is 15.0. The zero-order chi connectivity index (χ0) is 18.8. The smallest absolute Gasteiger partial charge is 0.259 e. The van der Waals surface area contributed by atoms with Crippen LogP contribution in [0, 0.1) is 11.6 Å². The summed E-state index contributed by atoms with van der Waals surface area (Å²) in [6.45, 7) is 1.42. The highest BCUT2D eigenvalue weighted by molar-refractivity contribution is 5.97. The molecule has 0 saturated carbocycles. The van der Waals surface area contributed by atoms with Crippen LogP contribution in [0.25, 0.3) is 11.5 Å². The Morgan fingerprint density at radius 3 is 2.19 bits per heavy atom. The average Bonchev–Trinajstić information content (AvgIpc) is 3.23. The van der Waals surface area contributed by atoms with Crippen molar-refractivity contribution in [1.29, 1.82) is 0 Å². The van der Waals surface area contributed by atoms with Gasteiger partial charge in [0, 0.05) is 31.5 Å². The topological polar surface area (TPSA) is 43.1 Å². The van der Waals surface area contributed by atoms with Gasteiger partial charge in [-0.05, 0) is 37.1 Å². The number of aromatic nitrogens is 3. The Morgan fingerprint density at radius 2 is 1.56 bits per heavy atom. The van der Waals surface area contributed by atoms with E-state index in [0.29, 0.717) is 24.5 Å². The first-order chi connectivity index (χ1) is 13.1. The second-order valence-electron chi connectivity index (χ2n) is 6.72. The van der Waals surface area contributed by atoms with Gasteiger partial charge in [0.25, 0.3) is 5.91 Å². The van der Waals surface area contributed by atoms with Gasteiger partial charge in [-0.3, -0.25) is 4.79 Å². The van der Waals surface area contributed by atoms with Crippen LogP contribution in [0.3, 0.4) is 0 Å². The highest BCUT2D eigenvalue weighted by Gasteiger charge is 2.25. The van der Waals surface area contributed by atoms with Crippen molar-refractivity contribution in [2.24, 2.45) is 0 Å². The number of hydrogen-bond acceptors (Lipinski definition) is 2. The van der Waals surface area contributed by atoms with Crippen molar-refractivity contribution in [3.05, 3.63) is 66.1 Å². The highest BCUT2D eigenvalue weighted by atomic mass is 19.1. The van der Waals surface area contributed by atoms with E-state index in [-0.39, 0.29) is 11.6 Å². The SMILES string of the molecule is O=C(c1cnn(-c2cc(F)cc(F)c2)c1-n1cccc1)N1CCCCCC1. The zero-order valence-corrected chi connectivity index (χ0v) is 14.8. The molecule has 2 aromatic heterocycles. The molecule has 27 heavy (non-hydrogen) atoms. The van der Waals surface area contributed by atoms with Crippen molar-refractivity contribution >= 4 is 5.91 Å². The third kappa shape index (κ3) is 3.49. The van der Waals surface area contributed by atoms with Crippen LogP contribution in [0.1, 0.15) is 36.0 Å². The lowest BCUT2D eigenvalue weighted by molar-refractivity contribution is 0.0761. The number of likely N-dealkylation sites (tertiary alicyclic amines) is 1. The molecule has 1 fully saturated rings. The summed E-state index contributed by atoms with van der Waals surface area (Å²) in [5.74, 6) is -1.03. The fourth-order valence-electron chi connectivity index (χ4n) is 3.51. The van der Waals surface area contributed by atoms with Crippen molar-refractivity contribution in [2.45, 2.75) is 25.7 Å². The van der Waals surface area contributed by atoms with Crippen LogP contribution in [0.5, 0.6) is 0 Å². The van der Waals surface area contributed by atoms with E-state index in [9.17, 15) is 13.6 Å². The second-order valence-corrected chi connectivity index (χ2v) is 6.72. The molecular weight excluding hydrogens is 350 g/mol. The maximum absolute atomic E-state index is 13.7. The number of amides is 1. The van der Waals surface area contributed by atoms with Gasteiger partial charge in [-0.1, -0.05) is 12.8 Å². The number of rotatable bonds is 3. The molecule has 0 N–H and O–H groups in total. The van der Waals surface area contributed by atoms with Crippen molar-refractivity contribution in [1.82, 2.24) is 19.2 Å². The summed E-state index contributed by atoms with van der Waals surface area (Å²) in [7, 11) is 0. The Morgan fingerprint density at radius 1 is 0.926 bits per heavy atom. The van der Waals surface area contributed by atoms with Crippen LogP contribution < -0.4 is 0 Å². The Balaban J connectivity index is 1.81. The number of carbonyl (C=O) groups excluding carboxylic acids is 1. The van der Waals surface area contributed by atoms with Crippen LogP contribution in [0.2, 0.25) is 0 Å². The largest absolute Gasteiger partial charge is 0.338 e. The molecule has 1 aliphatic rings. The van der Waals surface area contributed by atoms with E-state index in [1.165, 1.54) is 23.0 Å². The third-order valence-corrected chi connectivity index (χ3v) is 4.81. The van der Waals surface area contributed by atoms with Crippen molar-refractivity contribution < 1.29 is 13.6 Å². The lowest BCUT2D eigenvalue weighted by Gasteiger charge is -2.20. The number of hydrogen-bond donors (Lipinski definition) is 0. The van der Waals surface area contributed by atoms with Crippen LogP contribution >= 0.6 is 0 Å². The standard InChI is InChI=1S/C20H20F2N4O/c21-15-11-16(22)13-17(12-15)26-19(24-7-5-6-8-24)18(14-23-26)20(27)25-9-3-1-2-4-10-25/h5-8,11-14H,1-4,9-10H2. The van der Waals surface area contributed by atoms with Crippen molar-refractivity contribution in [3.8, 4) is 11.5 Å². The summed E-state index contributed by atoms with van der Waals surface area (Å²) in [5, 5.41) is 4.28. The molecule has 7 heteroatoms. The highest BCUT2D eigenvalue weighted by Crippen LogP contribution is 2.23. The van der Waals surface area contributed by atoms with Gasteiger partial charge in [-0.15, -0.1) is 0 Å². The van der Waals surface area contributed by atoms with Gasteiger partial charge >= 0.3 is 0 Å².